The van der Waals surface area contributed by atoms with Gasteiger partial charge in [0.25, 0.3) is 0 Å². The number of nitrogens with zero attached hydrogens (tertiary/aromatic N) is 1. The standard InChI is InChI=1S/C23H34N2O4/c1-29-22(28)23-12-6-5-10-17-11-7-13-25(20(17)23)21(27)18(23)14-19(26)24-15-16-8-3-2-4-9-16/h16,18H,2-15H2,1H3,(H,24,26)/t18-,23-/m1/s1. The van der Waals surface area contributed by atoms with E-state index in [9.17, 15) is 14.4 Å². The summed E-state index contributed by atoms with van der Waals surface area (Å²) in [6, 6.07) is 0. The molecular formula is C23H34N2O4. The van der Waals surface area contributed by atoms with Crippen molar-refractivity contribution in [3.63, 3.8) is 0 Å². The third-order valence-electron chi connectivity index (χ3n) is 7.60. The second-order valence-corrected chi connectivity index (χ2v) is 9.28. The monoisotopic (exact) mass is 402 g/mol. The summed E-state index contributed by atoms with van der Waals surface area (Å²) < 4.78 is 5.25. The molecular weight excluding hydrogens is 368 g/mol. The predicted octanol–water partition coefficient (Wildman–Crippen LogP) is 3.31. The van der Waals surface area contributed by atoms with Crippen LogP contribution in [0.4, 0.5) is 0 Å². The number of amides is 2. The largest absolute Gasteiger partial charge is 0.468 e. The fourth-order valence-electron chi connectivity index (χ4n) is 6.18. The Morgan fingerprint density at radius 3 is 2.62 bits per heavy atom. The highest BCUT2D eigenvalue weighted by Crippen LogP contribution is 2.56. The van der Waals surface area contributed by atoms with Gasteiger partial charge >= 0.3 is 5.97 Å². The molecule has 2 fully saturated rings. The van der Waals surface area contributed by atoms with E-state index in [1.807, 2.05) is 4.90 Å². The molecule has 1 N–H and O–H groups in total. The Hall–Kier alpha value is -1.85. The van der Waals surface area contributed by atoms with Crippen LogP contribution in [0, 0.1) is 17.3 Å². The lowest BCUT2D eigenvalue weighted by molar-refractivity contribution is -0.155. The molecule has 160 valence electrons. The summed E-state index contributed by atoms with van der Waals surface area (Å²) in [5.74, 6) is -0.599. The van der Waals surface area contributed by atoms with E-state index in [2.05, 4.69) is 5.32 Å². The van der Waals surface area contributed by atoms with Gasteiger partial charge in [-0.25, -0.2) is 0 Å². The average molecular weight is 403 g/mol. The Morgan fingerprint density at radius 1 is 1.10 bits per heavy atom. The first-order valence-corrected chi connectivity index (χ1v) is 11.5. The zero-order valence-corrected chi connectivity index (χ0v) is 17.6. The summed E-state index contributed by atoms with van der Waals surface area (Å²) in [7, 11) is 1.40. The topological polar surface area (TPSA) is 75.7 Å². The Bertz CT molecular complexity index is 710. The van der Waals surface area contributed by atoms with Gasteiger partial charge in [-0.15, -0.1) is 0 Å². The van der Waals surface area contributed by atoms with Gasteiger partial charge in [-0.05, 0) is 56.4 Å². The van der Waals surface area contributed by atoms with Gasteiger partial charge < -0.3 is 15.0 Å². The van der Waals surface area contributed by atoms with Crippen LogP contribution in [-0.4, -0.2) is 42.9 Å². The van der Waals surface area contributed by atoms with Crippen LogP contribution in [0.5, 0.6) is 0 Å². The fourth-order valence-corrected chi connectivity index (χ4v) is 6.18. The van der Waals surface area contributed by atoms with Crippen LogP contribution in [0.2, 0.25) is 0 Å². The van der Waals surface area contributed by atoms with Crippen molar-refractivity contribution in [1.29, 1.82) is 0 Å². The molecule has 4 rings (SSSR count). The van der Waals surface area contributed by atoms with Gasteiger partial charge in [-0.1, -0.05) is 25.7 Å². The first kappa shape index (κ1) is 20.4. The smallest absolute Gasteiger partial charge is 0.318 e. The molecule has 0 unspecified atom stereocenters. The van der Waals surface area contributed by atoms with E-state index in [4.69, 9.17) is 4.74 Å². The van der Waals surface area contributed by atoms with E-state index >= 15 is 0 Å². The summed E-state index contributed by atoms with van der Waals surface area (Å²) in [5, 5.41) is 3.07. The van der Waals surface area contributed by atoms with Crippen molar-refractivity contribution in [3.8, 4) is 0 Å². The van der Waals surface area contributed by atoms with Crippen molar-refractivity contribution < 1.29 is 19.1 Å². The molecule has 0 aromatic heterocycles. The highest BCUT2D eigenvalue weighted by atomic mass is 16.5. The first-order valence-electron chi connectivity index (χ1n) is 11.5. The van der Waals surface area contributed by atoms with Crippen molar-refractivity contribution in [1.82, 2.24) is 10.2 Å². The van der Waals surface area contributed by atoms with Crippen LogP contribution in [0.15, 0.2) is 11.3 Å². The van der Waals surface area contributed by atoms with Crippen LogP contribution in [0.25, 0.3) is 0 Å². The Morgan fingerprint density at radius 2 is 1.86 bits per heavy atom. The molecule has 0 radical (unpaired) electrons. The molecule has 0 spiro atoms. The maximum absolute atomic E-state index is 13.4. The van der Waals surface area contributed by atoms with E-state index in [-0.39, 0.29) is 24.2 Å². The molecule has 2 amide bonds. The van der Waals surface area contributed by atoms with Crippen molar-refractivity contribution in [2.75, 3.05) is 20.2 Å². The zero-order valence-electron chi connectivity index (χ0n) is 17.6. The van der Waals surface area contributed by atoms with Crippen molar-refractivity contribution in [3.05, 3.63) is 11.3 Å². The van der Waals surface area contributed by atoms with Crippen molar-refractivity contribution in [2.45, 2.75) is 77.0 Å². The summed E-state index contributed by atoms with van der Waals surface area (Å²) in [4.78, 5) is 41.2. The van der Waals surface area contributed by atoms with Gasteiger partial charge in [0, 0.05) is 25.2 Å². The highest BCUT2D eigenvalue weighted by Gasteiger charge is 2.62. The number of rotatable bonds is 5. The number of carbonyl (C=O) groups is 3. The molecule has 6 nitrogen and oxygen atoms in total. The molecule has 0 bridgehead atoms. The fraction of sp³-hybridized carbons (Fsp3) is 0.783. The second-order valence-electron chi connectivity index (χ2n) is 9.28. The van der Waals surface area contributed by atoms with Crippen LogP contribution in [0.3, 0.4) is 0 Å². The molecule has 29 heavy (non-hydrogen) atoms. The molecule has 0 aromatic carbocycles. The summed E-state index contributed by atoms with van der Waals surface area (Å²) >= 11 is 0. The minimum atomic E-state index is -0.972. The maximum atomic E-state index is 13.4. The summed E-state index contributed by atoms with van der Waals surface area (Å²) in [5.41, 5.74) is 1.15. The van der Waals surface area contributed by atoms with E-state index < -0.39 is 11.3 Å². The lowest BCUT2D eigenvalue weighted by Gasteiger charge is -2.34. The molecule has 2 atom stereocenters. The van der Waals surface area contributed by atoms with Crippen molar-refractivity contribution in [2.24, 2.45) is 17.3 Å². The number of carbonyl (C=O) groups excluding carboxylic acids is 3. The second kappa shape index (κ2) is 8.49. The van der Waals surface area contributed by atoms with Gasteiger partial charge in [-0.3, -0.25) is 14.4 Å². The van der Waals surface area contributed by atoms with E-state index in [0.29, 0.717) is 25.4 Å². The number of hydrogen-bond donors (Lipinski definition) is 1. The molecule has 1 saturated carbocycles. The molecule has 2 heterocycles. The van der Waals surface area contributed by atoms with E-state index in [1.54, 1.807) is 0 Å². The number of ether oxygens (including phenoxy) is 1. The van der Waals surface area contributed by atoms with Crippen LogP contribution >= 0.6 is 0 Å². The van der Waals surface area contributed by atoms with Crippen LogP contribution < -0.4 is 5.32 Å². The molecule has 1 saturated heterocycles. The van der Waals surface area contributed by atoms with E-state index in [1.165, 1.54) is 44.8 Å². The lowest BCUT2D eigenvalue weighted by atomic mass is 9.70. The average Bonchev–Trinajstić information content (AvgIpc) is 2.88. The Labute approximate surface area is 173 Å². The molecule has 2 aliphatic carbocycles. The first-order chi connectivity index (χ1) is 14.1. The third-order valence-corrected chi connectivity index (χ3v) is 7.60. The number of esters is 1. The van der Waals surface area contributed by atoms with Gasteiger partial charge in [0.1, 0.15) is 5.41 Å². The number of hydrogen-bond acceptors (Lipinski definition) is 4. The number of methoxy groups -OCH3 is 1. The Kier molecular flexibility index (Phi) is 5.98. The normalized spacial score (nSPS) is 30.0. The third kappa shape index (κ3) is 3.59. The van der Waals surface area contributed by atoms with Gasteiger partial charge in [0.15, 0.2) is 0 Å². The minimum Gasteiger partial charge on any atom is -0.468 e. The van der Waals surface area contributed by atoms with E-state index in [0.717, 1.165) is 37.8 Å². The quantitative estimate of drug-likeness (QED) is 0.716. The van der Waals surface area contributed by atoms with Gasteiger partial charge in [0.2, 0.25) is 11.8 Å². The zero-order chi connectivity index (χ0) is 20.4. The maximum Gasteiger partial charge on any atom is 0.318 e. The SMILES string of the molecule is COC(=O)[C@@]12CCCCC3=C1N(CCC3)C(=O)[C@H]2CC(=O)NCC1CCCCC1. The lowest BCUT2D eigenvalue weighted by Crippen LogP contribution is -2.42. The minimum absolute atomic E-state index is 0.0580. The Balaban J connectivity index is 1.57. The number of allylic oxidation sites excluding steroid dienone is 1. The predicted molar refractivity (Wildman–Crippen MR) is 109 cm³/mol. The highest BCUT2D eigenvalue weighted by molar-refractivity contribution is 5.99. The number of nitrogens with one attached hydrogen (secondary N) is 1. The van der Waals surface area contributed by atoms with Crippen LogP contribution in [0.1, 0.15) is 77.0 Å². The molecule has 2 aliphatic heterocycles. The van der Waals surface area contributed by atoms with Crippen molar-refractivity contribution >= 4 is 17.8 Å². The van der Waals surface area contributed by atoms with Gasteiger partial charge in [-0.2, -0.15) is 0 Å². The molecule has 0 aromatic rings. The summed E-state index contributed by atoms with van der Waals surface area (Å²) in [6.07, 6.45) is 11.5. The molecule has 6 heteroatoms. The summed E-state index contributed by atoms with van der Waals surface area (Å²) in [6.45, 7) is 1.33. The van der Waals surface area contributed by atoms with Crippen LogP contribution in [-0.2, 0) is 19.1 Å². The molecule has 4 aliphatic rings. The van der Waals surface area contributed by atoms with Gasteiger partial charge in [0.05, 0.1) is 13.0 Å².